The van der Waals surface area contributed by atoms with E-state index in [0.717, 1.165) is 0 Å². The summed E-state index contributed by atoms with van der Waals surface area (Å²) >= 11 is 0.567. The number of aromatic nitrogens is 2. The molecular formula is C7H10F3N5S. The number of piperazine rings is 1. The second-order valence-corrected chi connectivity index (χ2v) is 4.37. The zero-order chi connectivity index (χ0) is 11.8. The predicted octanol–water partition coefficient (Wildman–Crippen LogP) is 0.553. The molecule has 5 nitrogen and oxygen atoms in total. The van der Waals surface area contributed by atoms with Gasteiger partial charge < -0.3 is 4.90 Å². The molecule has 0 amide bonds. The first-order valence-corrected chi connectivity index (χ1v) is 5.44. The molecule has 1 aromatic rings. The van der Waals surface area contributed by atoms with E-state index in [1.165, 1.54) is 0 Å². The summed E-state index contributed by atoms with van der Waals surface area (Å²) < 4.78 is 36.9. The van der Waals surface area contributed by atoms with Crippen molar-refractivity contribution in [1.82, 2.24) is 15.2 Å². The van der Waals surface area contributed by atoms with Crippen LogP contribution in [0.15, 0.2) is 0 Å². The number of rotatable bonds is 1. The Kier molecular flexibility index (Phi) is 3.00. The molecule has 1 aromatic heterocycles. The predicted molar refractivity (Wildman–Crippen MR) is 52.9 cm³/mol. The standard InChI is InChI=1S/C7H10F3N5S/c8-7(9,10)5-12-13-6(16-5)14-1-3-15(11)4-2-14/h1-4,11H2. The Balaban J connectivity index is 2.08. The molecule has 1 fully saturated rings. The summed E-state index contributed by atoms with van der Waals surface area (Å²) in [4.78, 5) is 1.76. The lowest BCUT2D eigenvalue weighted by atomic mass is 10.4. The highest BCUT2D eigenvalue weighted by Crippen LogP contribution is 2.34. The van der Waals surface area contributed by atoms with Crippen LogP contribution in [0.4, 0.5) is 18.3 Å². The van der Waals surface area contributed by atoms with E-state index >= 15 is 0 Å². The molecule has 0 unspecified atom stereocenters. The van der Waals surface area contributed by atoms with Gasteiger partial charge in [0.25, 0.3) is 0 Å². The second-order valence-electron chi connectivity index (χ2n) is 3.41. The van der Waals surface area contributed by atoms with E-state index < -0.39 is 11.2 Å². The Hall–Kier alpha value is -0.930. The van der Waals surface area contributed by atoms with Crippen molar-refractivity contribution >= 4 is 16.5 Å². The molecule has 0 aromatic carbocycles. The molecule has 0 radical (unpaired) electrons. The van der Waals surface area contributed by atoms with Crippen LogP contribution in [0.1, 0.15) is 5.01 Å². The van der Waals surface area contributed by atoms with E-state index in [1.807, 2.05) is 0 Å². The molecular weight excluding hydrogens is 243 g/mol. The van der Waals surface area contributed by atoms with Crippen molar-refractivity contribution in [1.29, 1.82) is 0 Å². The highest BCUT2D eigenvalue weighted by atomic mass is 32.1. The number of hydrogen-bond donors (Lipinski definition) is 1. The van der Waals surface area contributed by atoms with Gasteiger partial charge in [-0.25, -0.2) is 5.01 Å². The van der Waals surface area contributed by atoms with Crippen molar-refractivity contribution in [2.24, 2.45) is 5.84 Å². The maximum Gasteiger partial charge on any atom is 0.445 e. The third-order valence-electron chi connectivity index (χ3n) is 2.24. The SMILES string of the molecule is NN1CCN(c2nnc(C(F)(F)F)s2)CC1. The van der Waals surface area contributed by atoms with Gasteiger partial charge in [0.1, 0.15) is 0 Å². The van der Waals surface area contributed by atoms with Crippen LogP contribution in [0.2, 0.25) is 0 Å². The molecule has 16 heavy (non-hydrogen) atoms. The molecule has 2 rings (SSSR count). The van der Waals surface area contributed by atoms with Gasteiger partial charge in [-0.15, -0.1) is 10.2 Å². The average molecular weight is 253 g/mol. The largest absolute Gasteiger partial charge is 0.445 e. The quantitative estimate of drug-likeness (QED) is 0.741. The van der Waals surface area contributed by atoms with Crippen LogP contribution in [-0.4, -0.2) is 41.4 Å². The highest BCUT2D eigenvalue weighted by molar-refractivity contribution is 7.15. The van der Waals surface area contributed by atoms with Gasteiger partial charge >= 0.3 is 6.18 Å². The molecule has 0 saturated carbocycles. The van der Waals surface area contributed by atoms with Gasteiger partial charge in [-0.05, 0) is 0 Å². The van der Waals surface area contributed by atoms with E-state index in [4.69, 9.17) is 5.84 Å². The van der Waals surface area contributed by atoms with E-state index in [1.54, 1.807) is 9.91 Å². The summed E-state index contributed by atoms with van der Waals surface area (Å²) in [7, 11) is 0. The van der Waals surface area contributed by atoms with E-state index in [2.05, 4.69) is 10.2 Å². The molecule has 2 heterocycles. The Morgan fingerprint density at radius 3 is 2.25 bits per heavy atom. The van der Waals surface area contributed by atoms with Gasteiger partial charge in [-0.2, -0.15) is 13.2 Å². The van der Waals surface area contributed by atoms with Crippen LogP contribution < -0.4 is 10.7 Å². The molecule has 0 bridgehead atoms. The van der Waals surface area contributed by atoms with Gasteiger partial charge in [-0.3, -0.25) is 5.84 Å². The fourth-order valence-corrected chi connectivity index (χ4v) is 2.13. The maximum absolute atomic E-state index is 12.3. The van der Waals surface area contributed by atoms with Crippen molar-refractivity contribution in [3.8, 4) is 0 Å². The Labute approximate surface area is 93.6 Å². The monoisotopic (exact) mass is 253 g/mol. The normalized spacial score (nSPS) is 19.1. The second kappa shape index (κ2) is 4.15. The minimum atomic E-state index is -4.41. The number of halogens is 3. The lowest BCUT2D eigenvalue weighted by Crippen LogP contribution is -2.49. The van der Waals surface area contributed by atoms with Crippen LogP contribution in [0.25, 0.3) is 0 Å². The summed E-state index contributed by atoms with van der Waals surface area (Å²) in [5.74, 6) is 5.54. The molecule has 1 saturated heterocycles. The number of nitrogens with two attached hydrogens (primary N) is 1. The summed E-state index contributed by atoms with van der Waals surface area (Å²) in [5.41, 5.74) is 0. The molecule has 1 aliphatic heterocycles. The Morgan fingerprint density at radius 1 is 1.12 bits per heavy atom. The van der Waals surface area contributed by atoms with Crippen LogP contribution in [0.3, 0.4) is 0 Å². The lowest BCUT2D eigenvalue weighted by molar-refractivity contribution is -0.138. The smallest absolute Gasteiger partial charge is 0.344 e. The molecule has 0 atom stereocenters. The van der Waals surface area contributed by atoms with Gasteiger partial charge in [0, 0.05) is 26.2 Å². The number of hydrogen-bond acceptors (Lipinski definition) is 6. The van der Waals surface area contributed by atoms with Crippen molar-refractivity contribution in [3.05, 3.63) is 5.01 Å². The number of anilines is 1. The summed E-state index contributed by atoms with van der Waals surface area (Å²) in [6.07, 6.45) is -4.41. The number of hydrazine groups is 1. The zero-order valence-corrected chi connectivity index (χ0v) is 9.05. The maximum atomic E-state index is 12.3. The molecule has 1 aliphatic rings. The molecule has 90 valence electrons. The van der Waals surface area contributed by atoms with E-state index in [-0.39, 0.29) is 0 Å². The van der Waals surface area contributed by atoms with E-state index in [9.17, 15) is 13.2 Å². The van der Waals surface area contributed by atoms with Crippen LogP contribution in [0, 0.1) is 0 Å². The Morgan fingerprint density at radius 2 is 1.75 bits per heavy atom. The molecule has 2 N–H and O–H groups in total. The van der Waals surface area contributed by atoms with Crippen molar-refractivity contribution in [3.63, 3.8) is 0 Å². The van der Waals surface area contributed by atoms with Crippen molar-refractivity contribution in [2.75, 3.05) is 31.1 Å². The van der Waals surface area contributed by atoms with Gasteiger partial charge in [0.15, 0.2) is 0 Å². The molecule has 0 aliphatic carbocycles. The van der Waals surface area contributed by atoms with Crippen LogP contribution >= 0.6 is 11.3 Å². The summed E-state index contributed by atoms with van der Waals surface area (Å²) in [6.45, 7) is 2.37. The minimum absolute atomic E-state index is 0.306. The van der Waals surface area contributed by atoms with Crippen LogP contribution in [0.5, 0.6) is 0 Å². The first-order valence-electron chi connectivity index (χ1n) is 4.62. The summed E-state index contributed by atoms with van der Waals surface area (Å²) in [6, 6.07) is 0. The van der Waals surface area contributed by atoms with Gasteiger partial charge in [0.05, 0.1) is 0 Å². The highest BCUT2D eigenvalue weighted by Gasteiger charge is 2.36. The van der Waals surface area contributed by atoms with E-state index in [0.29, 0.717) is 42.6 Å². The zero-order valence-electron chi connectivity index (χ0n) is 8.24. The van der Waals surface area contributed by atoms with Crippen molar-refractivity contribution in [2.45, 2.75) is 6.18 Å². The fraction of sp³-hybridized carbons (Fsp3) is 0.714. The average Bonchev–Trinajstić information content (AvgIpc) is 2.67. The third kappa shape index (κ3) is 2.42. The first-order chi connectivity index (χ1) is 7.47. The third-order valence-corrected chi connectivity index (χ3v) is 3.27. The van der Waals surface area contributed by atoms with Crippen LogP contribution in [-0.2, 0) is 6.18 Å². The first kappa shape index (κ1) is 11.6. The van der Waals surface area contributed by atoms with Crippen molar-refractivity contribution < 1.29 is 13.2 Å². The van der Waals surface area contributed by atoms with Gasteiger partial charge in [-0.1, -0.05) is 11.3 Å². The minimum Gasteiger partial charge on any atom is -0.344 e. The fourth-order valence-electron chi connectivity index (χ4n) is 1.37. The van der Waals surface area contributed by atoms with Gasteiger partial charge in [0.2, 0.25) is 10.1 Å². The number of alkyl halides is 3. The molecule has 9 heteroatoms. The topological polar surface area (TPSA) is 58.3 Å². The lowest BCUT2D eigenvalue weighted by Gasteiger charge is -2.31. The summed E-state index contributed by atoms with van der Waals surface area (Å²) in [5, 5.41) is 7.71. The number of nitrogens with zero attached hydrogens (tertiary/aromatic N) is 4. The molecule has 0 spiro atoms. The Bertz CT molecular complexity index is 357.